The standard InChI is InChI=1S/C17H22N.3ClH.Ti/c1-3-18(4-2)13-12-15-10-11-17(14-15)16-8-6-5-7-9-16;;;;/h5-10H,3-4,11-13H2,1-2H3;3*1H;/q-1;;;;+4/p-3. The van der Waals surface area contributed by atoms with Crippen molar-refractivity contribution in [1.29, 1.82) is 0 Å². The third kappa shape index (κ3) is 8.20. The van der Waals surface area contributed by atoms with E-state index < -0.39 is 14.7 Å². The van der Waals surface area contributed by atoms with Gasteiger partial charge in [0.25, 0.3) is 0 Å². The van der Waals surface area contributed by atoms with Gasteiger partial charge in [0, 0.05) is 6.54 Å². The predicted molar refractivity (Wildman–Crippen MR) is 95.8 cm³/mol. The molecule has 0 atom stereocenters. The zero-order valence-corrected chi connectivity index (χ0v) is 16.9. The Kier molecular flexibility index (Phi) is 10.8. The molecule has 0 aromatic heterocycles. The summed E-state index contributed by atoms with van der Waals surface area (Å²) in [4.78, 5) is 2.46. The molecule has 22 heavy (non-hydrogen) atoms. The summed E-state index contributed by atoms with van der Waals surface area (Å²) < 4.78 is 0. The minimum atomic E-state index is -1.92. The predicted octanol–water partition coefficient (Wildman–Crippen LogP) is 6.00. The zero-order valence-electron chi connectivity index (χ0n) is 13.1. The van der Waals surface area contributed by atoms with E-state index in [1.807, 2.05) is 0 Å². The topological polar surface area (TPSA) is 3.24 Å². The fourth-order valence-corrected chi connectivity index (χ4v) is 2.33. The van der Waals surface area contributed by atoms with Gasteiger partial charge in [0.1, 0.15) is 0 Å². The molecule has 2 rings (SSSR count). The molecular formula is C17H22Cl3NTi. The number of hydrogen-bond acceptors (Lipinski definition) is 1. The molecule has 0 saturated heterocycles. The molecule has 1 aliphatic carbocycles. The first-order chi connectivity index (χ1) is 10.6. The maximum atomic E-state index is 4.97. The van der Waals surface area contributed by atoms with Crippen molar-refractivity contribution < 1.29 is 14.7 Å². The van der Waals surface area contributed by atoms with Gasteiger partial charge in [0.2, 0.25) is 0 Å². The quantitative estimate of drug-likeness (QED) is 0.422. The fourth-order valence-electron chi connectivity index (χ4n) is 2.33. The molecule has 0 spiro atoms. The Hall–Kier alpha value is 0.244. The Morgan fingerprint density at radius 1 is 1.09 bits per heavy atom. The molecule has 1 aromatic rings. The van der Waals surface area contributed by atoms with E-state index in [0.717, 1.165) is 32.5 Å². The van der Waals surface area contributed by atoms with E-state index in [-0.39, 0.29) is 0 Å². The number of rotatable bonds is 6. The van der Waals surface area contributed by atoms with E-state index in [2.05, 4.69) is 61.2 Å². The Balaban J connectivity index is 0.000000541. The molecule has 0 aliphatic heterocycles. The van der Waals surface area contributed by atoms with Crippen LogP contribution in [0.15, 0.2) is 42.0 Å². The van der Waals surface area contributed by atoms with E-state index in [4.69, 9.17) is 27.9 Å². The Labute approximate surface area is 152 Å². The molecule has 0 amide bonds. The fraction of sp³-hybridized carbons (Fsp3) is 0.412. The van der Waals surface area contributed by atoms with E-state index in [1.54, 1.807) is 0 Å². The molecule has 1 nitrogen and oxygen atoms in total. The molecule has 1 aliphatic rings. The van der Waals surface area contributed by atoms with Crippen LogP contribution in [0, 0.1) is 6.08 Å². The van der Waals surface area contributed by atoms with Crippen LogP contribution in [0.2, 0.25) is 0 Å². The first kappa shape index (κ1) is 20.3. The number of hydrogen-bond donors (Lipinski definition) is 0. The first-order valence-electron chi connectivity index (χ1n) is 7.49. The second kappa shape index (κ2) is 11.7. The summed E-state index contributed by atoms with van der Waals surface area (Å²) in [5.41, 5.74) is 4.03. The molecule has 0 N–H and O–H groups in total. The van der Waals surface area contributed by atoms with Crippen LogP contribution < -0.4 is 0 Å². The summed E-state index contributed by atoms with van der Waals surface area (Å²) in [7, 11) is 14.9. The van der Waals surface area contributed by atoms with Gasteiger partial charge in [-0.15, -0.1) is 17.7 Å². The van der Waals surface area contributed by atoms with Gasteiger partial charge < -0.3 is 4.90 Å². The van der Waals surface area contributed by atoms with Crippen molar-refractivity contribution in [2.24, 2.45) is 0 Å². The van der Waals surface area contributed by atoms with Crippen molar-refractivity contribution in [3.05, 3.63) is 53.6 Å². The molecule has 0 saturated carbocycles. The van der Waals surface area contributed by atoms with Crippen LogP contribution in [0.4, 0.5) is 0 Å². The van der Waals surface area contributed by atoms with Crippen LogP contribution in [-0.2, 0) is 14.7 Å². The third-order valence-corrected chi connectivity index (χ3v) is 3.58. The number of nitrogens with zero attached hydrogens (tertiary/aromatic N) is 1. The number of halogens is 3. The van der Waals surface area contributed by atoms with E-state index in [9.17, 15) is 0 Å². The Morgan fingerprint density at radius 2 is 1.68 bits per heavy atom. The summed E-state index contributed by atoms with van der Waals surface area (Å²) in [6.07, 6.45) is 8.05. The van der Waals surface area contributed by atoms with Crippen molar-refractivity contribution in [2.45, 2.75) is 26.7 Å². The van der Waals surface area contributed by atoms with Crippen molar-refractivity contribution in [2.75, 3.05) is 19.6 Å². The van der Waals surface area contributed by atoms with Crippen molar-refractivity contribution in [1.82, 2.24) is 4.90 Å². The second-order valence-electron chi connectivity index (χ2n) is 4.89. The van der Waals surface area contributed by atoms with Gasteiger partial charge in [-0.05, 0) is 19.5 Å². The zero-order chi connectivity index (χ0) is 16.4. The van der Waals surface area contributed by atoms with Gasteiger partial charge in [0.15, 0.2) is 0 Å². The van der Waals surface area contributed by atoms with Gasteiger partial charge in [-0.25, -0.2) is 0 Å². The summed E-state index contributed by atoms with van der Waals surface area (Å²) >= 11 is -1.92. The normalized spacial score (nSPS) is 13.4. The van der Waals surface area contributed by atoms with E-state index in [0.29, 0.717) is 0 Å². The van der Waals surface area contributed by atoms with Crippen LogP contribution in [0.25, 0.3) is 5.57 Å². The monoisotopic (exact) mass is 393 g/mol. The first-order valence-corrected chi connectivity index (χ1v) is 13.9. The van der Waals surface area contributed by atoms with Gasteiger partial charge in [-0.3, -0.25) is 0 Å². The number of allylic oxidation sites excluding steroid dienone is 3. The molecule has 0 unspecified atom stereocenters. The molecule has 1 aromatic carbocycles. The molecule has 0 radical (unpaired) electrons. The summed E-state index contributed by atoms with van der Waals surface area (Å²) in [5, 5.41) is 0. The van der Waals surface area contributed by atoms with Gasteiger partial charge in [-0.2, -0.15) is 23.3 Å². The molecule has 5 heteroatoms. The molecule has 0 heterocycles. The van der Waals surface area contributed by atoms with Gasteiger partial charge in [0.05, 0.1) is 0 Å². The summed E-state index contributed by atoms with van der Waals surface area (Å²) in [6.45, 7) is 7.87. The average Bonchev–Trinajstić information content (AvgIpc) is 2.98. The van der Waals surface area contributed by atoms with Crippen LogP contribution in [0.3, 0.4) is 0 Å². The minimum absolute atomic E-state index is 1.04. The summed E-state index contributed by atoms with van der Waals surface area (Å²) in [6, 6.07) is 10.6. The molecule has 0 fully saturated rings. The SMILES string of the molecule is CCN(CC)CCC1=CCC(c2ccccc2)=[C-]1.[Cl][Ti+]([Cl])[Cl]. The van der Waals surface area contributed by atoms with Crippen molar-refractivity contribution in [3.63, 3.8) is 0 Å². The van der Waals surface area contributed by atoms with E-state index in [1.165, 1.54) is 16.7 Å². The van der Waals surface area contributed by atoms with Crippen LogP contribution in [0.1, 0.15) is 32.3 Å². The summed E-state index contributed by atoms with van der Waals surface area (Å²) in [5.74, 6) is 0. The van der Waals surface area contributed by atoms with Crippen molar-refractivity contribution in [3.8, 4) is 0 Å². The molecular weight excluding hydrogens is 372 g/mol. The average molecular weight is 395 g/mol. The van der Waals surface area contributed by atoms with Crippen LogP contribution >= 0.6 is 27.9 Å². The van der Waals surface area contributed by atoms with Gasteiger partial charge in [-0.1, -0.05) is 38.5 Å². The van der Waals surface area contributed by atoms with Crippen LogP contribution in [-0.4, -0.2) is 24.5 Å². The van der Waals surface area contributed by atoms with Crippen LogP contribution in [0.5, 0.6) is 0 Å². The van der Waals surface area contributed by atoms with Crippen molar-refractivity contribution >= 4 is 33.5 Å². The Bertz CT molecular complexity index is 479. The third-order valence-electron chi connectivity index (χ3n) is 3.58. The maximum absolute atomic E-state index is 4.97. The van der Waals surface area contributed by atoms with Gasteiger partial charge >= 0.3 is 42.6 Å². The second-order valence-corrected chi connectivity index (χ2v) is 12.6. The molecule has 0 bridgehead atoms. The Morgan fingerprint density at radius 3 is 2.23 bits per heavy atom. The molecule has 120 valence electrons. The number of benzene rings is 1. The van der Waals surface area contributed by atoms with E-state index >= 15 is 0 Å².